The van der Waals surface area contributed by atoms with Gasteiger partial charge in [0, 0.05) is 22.4 Å². The van der Waals surface area contributed by atoms with Crippen LogP contribution in [0.3, 0.4) is 0 Å². The molecule has 5 heteroatoms. The summed E-state index contributed by atoms with van der Waals surface area (Å²) < 4.78 is 0. The first kappa shape index (κ1) is 17.5. The molecule has 3 nitrogen and oxygen atoms in total. The summed E-state index contributed by atoms with van der Waals surface area (Å²) in [6.45, 7) is 4.21. The van der Waals surface area contributed by atoms with Gasteiger partial charge in [-0.3, -0.25) is 9.69 Å². The van der Waals surface area contributed by atoms with E-state index in [4.69, 9.17) is 0 Å². The monoisotopic (exact) mass is 366 g/mol. The molecular weight excluding hydrogens is 348 g/mol. The molecule has 0 fully saturated rings. The summed E-state index contributed by atoms with van der Waals surface area (Å²) in [4.78, 5) is 20.4. The van der Waals surface area contributed by atoms with Gasteiger partial charge in [0.05, 0.1) is 11.3 Å². The third-order valence-electron chi connectivity index (χ3n) is 3.69. The summed E-state index contributed by atoms with van der Waals surface area (Å²) in [5, 5.41) is 2.66. The first-order valence-corrected chi connectivity index (χ1v) is 9.91. The van der Waals surface area contributed by atoms with E-state index in [1.807, 2.05) is 66.2 Å². The molecule has 0 bridgehead atoms. The predicted molar refractivity (Wildman–Crippen MR) is 108 cm³/mol. The highest BCUT2D eigenvalue weighted by atomic mass is 32.2. The molecule has 0 saturated carbocycles. The molecule has 2 aromatic carbocycles. The Bertz CT molecular complexity index is 874. The van der Waals surface area contributed by atoms with Crippen LogP contribution in [0.4, 0.5) is 5.13 Å². The fourth-order valence-corrected chi connectivity index (χ4v) is 3.90. The second kappa shape index (κ2) is 8.14. The molecule has 1 heterocycles. The van der Waals surface area contributed by atoms with Crippen molar-refractivity contribution in [2.75, 3.05) is 17.7 Å². The van der Waals surface area contributed by atoms with E-state index in [2.05, 4.69) is 11.6 Å². The maximum Gasteiger partial charge on any atom is 0.261 e. The van der Waals surface area contributed by atoms with Crippen molar-refractivity contribution in [2.45, 2.75) is 4.90 Å². The van der Waals surface area contributed by atoms with Crippen molar-refractivity contribution in [3.05, 3.63) is 78.2 Å². The highest BCUT2D eigenvalue weighted by Crippen LogP contribution is 2.30. The number of benzene rings is 2. The fourth-order valence-electron chi connectivity index (χ4n) is 2.47. The maximum atomic E-state index is 13.1. The molecule has 0 spiro atoms. The van der Waals surface area contributed by atoms with Gasteiger partial charge in [0.25, 0.3) is 5.91 Å². The first-order valence-electron chi connectivity index (χ1n) is 7.81. The maximum absolute atomic E-state index is 13.1. The summed E-state index contributed by atoms with van der Waals surface area (Å²) in [5.74, 6) is -0.0567. The van der Waals surface area contributed by atoms with Crippen molar-refractivity contribution >= 4 is 34.1 Å². The van der Waals surface area contributed by atoms with Crippen molar-refractivity contribution in [1.82, 2.24) is 4.98 Å². The lowest BCUT2D eigenvalue weighted by Gasteiger charge is -2.19. The lowest BCUT2D eigenvalue weighted by Crippen LogP contribution is -2.31. The number of hydrogen-bond donors (Lipinski definition) is 0. The Labute approximate surface area is 156 Å². The molecule has 0 unspecified atom stereocenters. The van der Waals surface area contributed by atoms with Crippen molar-refractivity contribution < 1.29 is 4.79 Å². The molecule has 3 rings (SSSR count). The van der Waals surface area contributed by atoms with Crippen LogP contribution in [0.25, 0.3) is 11.3 Å². The number of carbonyl (C=O) groups is 1. The van der Waals surface area contributed by atoms with Crippen LogP contribution in [0.5, 0.6) is 0 Å². The van der Waals surface area contributed by atoms with Gasteiger partial charge in [-0.25, -0.2) is 4.98 Å². The summed E-state index contributed by atoms with van der Waals surface area (Å²) in [6, 6.07) is 17.6. The number of nitrogens with zero attached hydrogens (tertiary/aromatic N) is 2. The SMILES string of the molecule is C=CCN(C(=O)c1ccccc1SC)c1nc(-c2ccccc2)cs1. The van der Waals surface area contributed by atoms with Crippen LogP contribution < -0.4 is 4.90 Å². The Morgan fingerprint density at radius 2 is 1.92 bits per heavy atom. The van der Waals surface area contributed by atoms with Gasteiger partial charge < -0.3 is 0 Å². The van der Waals surface area contributed by atoms with E-state index in [-0.39, 0.29) is 5.91 Å². The Morgan fingerprint density at radius 1 is 1.20 bits per heavy atom. The lowest BCUT2D eigenvalue weighted by molar-refractivity contribution is 0.0987. The van der Waals surface area contributed by atoms with E-state index in [1.165, 1.54) is 11.3 Å². The van der Waals surface area contributed by atoms with E-state index >= 15 is 0 Å². The summed E-state index contributed by atoms with van der Waals surface area (Å²) in [7, 11) is 0. The third-order valence-corrected chi connectivity index (χ3v) is 5.35. The normalized spacial score (nSPS) is 10.4. The van der Waals surface area contributed by atoms with Crippen molar-refractivity contribution in [2.24, 2.45) is 0 Å². The third kappa shape index (κ3) is 3.83. The average molecular weight is 367 g/mol. The zero-order chi connectivity index (χ0) is 17.6. The first-order chi connectivity index (χ1) is 12.2. The molecule has 0 aliphatic heterocycles. The van der Waals surface area contributed by atoms with Crippen LogP contribution in [0.15, 0.2) is 77.5 Å². The molecule has 1 amide bonds. The molecule has 0 aliphatic carbocycles. The second-order valence-electron chi connectivity index (χ2n) is 5.29. The zero-order valence-corrected chi connectivity index (χ0v) is 15.5. The minimum absolute atomic E-state index is 0.0567. The Hall–Kier alpha value is -2.37. The number of amides is 1. The minimum atomic E-state index is -0.0567. The number of aromatic nitrogens is 1. The minimum Gasteiger partial charge on any atom is -0.280 e. The van der Waals surface area contributed by atoms with Gasteiger partial charge in [-0.15, -0.1) is 29.7 Å². The number of rotatable bonds is 6. The van der Waals surface area contributed by atoms with Crippen molar-refractivity contribution in [3.8, 4) is 11.3 Å². The van der Waals surface area contributed by atoms with Gasteiger partial charge in [0.15, 0.2) is 5.13 Å². The molecule has 25 heavy (non-hydrogen) atoms. The molecule has 0 radical (unpaired) electrons. The van der Waals surface area contributed by atoms with E-state index in [9.17, 15) is 4.79 Å². The number of anilines is 1. The van der Waals surface area contributed by atoms with Gasteiger partial charge in [0.1, 0.15) is 0 Å². The zero-order valence-electron chi connectivity index (χ0n) is 13.9. The molecule has 0 N–H and O–H groups in total. The van der Waals surface area contributed by atoms with Crippen LogP contribution >= 0.6 is 23.1 Å². The van der Waals surface area contributed by atoms with Crippen LogP contribution in [0, 0.1) is 0 Å². The quantitative estimate of drug-likeness (QED) is 0.435. The Balaban J connectivity index is 1.95. The van der Waals surface area contributed by atoms with Gasteiger partial charge in [-0.05, 0) is 18.4 Å². The van der Waals surface area contributed by atoms with Gasteiger partial charge in [-0.2, -0.15) is 0 Å². The van der Waals surface area contributed by atoms with Gasteiger partial charge in [-0.1, -0.05) is 48.5 Å². The van der Waals surface area contributed by atoms with Crippen LogP contribution in [0.1, 0.15) is 10.4 Å². The van der Waals surface area contributed by atoms with Crippen LogP contribution in [-0.4, -0.2) is 23.7 Å². The Kier molecular flexibility index (Phi) is 5.68. The molecule has 0 aliphatic rings. The molecule has 126 valence electrons. The largest absolute Gasteiger partial charge is 0.280 e. The van der Waals surface area contributed by atoms with Crippen LogP contribution in [-0.2, 0) is 0 Å². The number of carbonyl (C=O) groups excluding carboxylic acids is 1. The van der Waals surface area contributed by atoms with E-state index in [1.54, 1.807) is 22.7 Å². The predicted octanol–water partition coefficient (Wildman–Crippen LogP) is 5.36. The molecule has 3 aromatic rings. The fraction of sp³-hybridized carbons (Fsp3) is 0.100. The molecule has 1 aromatic heterocycles. The summed E-state index contributed by atoms with van der Waals surface area (Å²) >= 11 is 3.03. The smallest absolute Gasteiger partial charge is 0.261 e. The summed E-state index contributed by atoms with van der Waals surface area (Å²) in [5.41, 5.74) is 2.61. The standard InChI is InChI=1S/C20H18N2OS2/c1-3-13-22(19(23)16-11-7-8-12-18(16)24-2)20-21-17(14-25-20)15-9-5-4-6-10-15/h3-12,14H,1,13H2,2H3. The average Bonchev–Trinajstić information content (AvgIpc) is 3.16. The number of thioether (sulfide) groups is 1. The van der Waals surface area contributed by atoms with E-state index < -0.39 is 0 Å². The van der Waals surface area contributed by atoms with Crippen molar-refractivity contribution in [3.63, 3.8) is 0 Å². The summed E-state index contributed by atoms with van der Waals surface area (Å²) in [6.07, 6.45) is 3.70. The van der Waals surface area contributed by atoms with Gasteiger partial charge in [0.2, 0.25) is 0 Å². The molecule has 0 atom stereocenters. The van der Waals surface area contributed by atoms with Crippen LogP contribution in [0.2, 0.25) is 0 Å². The van der Waals surface area contributed by atoms with E-state index in [0.717, 1.165) is 16.2 Å². The van der Waals surface area contributed by atoms with Gasteiger partial charge >= 0.3 is 0 Å². The number of hydrogen-bond acceptors (Lipinski definition) is 4. The Morgan fingerprint density at radius 3 is 2.64 bits per heavy atom. The number of thiazole rings is 1. The molecule has 0 saturated heterocycles. The highest BCUT2D eigenvalue weighted by Gasteiger charge is 2.22. The topological polar surface area (TPSA) is 33.2 Å². The lowest BCUT2D eigenvalue weighted by atomic mass is 10.2. The highest BCUT2D eigenvalue weighted by molar-refractivity contribution is 7.98. The molecular formula is C20H18N2OS2. The van der Waals surface area contributed by atoms with Crippen molar-refractivity contribution in [1.29, 1.82) is 0 Å². The second-order valence-corrected chi connectivity index (χ2v) is 6.97. The van der Waals surface area contributed by atoms with E-state index in [0.29, 0.717) is 17.2 Å².